The molecule has 0 bridgehead atoms. The SMILES string of the molecule is CN(C(=O)NCc1ccc(OC2CCCC2)nc1)C1CCCCCC1. The zero-order valence-corrected chi connectivity index (χ0v) is 15.4. The lowest BCUT2D eigenvalue weighted by molar-refractivity contribution is 0.183. The number of nitrogens with one attached hydrogen (secondary N) is 1. The van der Waals surface area contributed by atoms with Crippen LogP contribution in [0, 0.1) is 0 Å². The van der Waals surface area contributed by atoms with Gasteiger partial charge in [0.2, 0.25) is 5.88 Å². The van der Waals surface area contributed by atoms with Gasteiger partial charge in [-0.2, -0.15) is 0 Å². The first-order valence-corrected chi connectivity index (χ1v) is 9.84. The van der Waals surface area contributed by atoms with Crippen LogP contribution in [0.1, 0.15) is 69.8 Å². The molecule has 5 heteroatoms. The normalized spacial score (nSPS) is 19.4. The molecule has 0 aromatic carbocycles. The quantitative estimate of drug-likeness (QED) is 0.811. The number of hydrogen-bond acceptors (Lipinski definition) is 3. The third kappa shape index (κ3) is 5.35. The van der Waals surface area contributed by atoms with E-state index in [9.17, 15) is 4.79 Å². The molecule has 1 aromatic heterocycles. The standard InChI is InChI=1S/C20H31N3O2/c1-23(17-8-4-2-3-5-9-17)20(24)22-15-16-12-13-19(21-14-16)25-18-10-6-7-11-18/h12-14,17-18H,2-11,15H2,1H3,(H,22,24). The summed E-state index contributed by atoms with van der Waals surface area (Å²) in [7, 11) is 1.92. The van der Waals surface area contributed by atoms with Crippen molar-refractivity contribution < 1.29 is 9.53 Å². The molecule has 1 heterocycles. The first-order chi connectivity index (χ1) is 12.2. The van der Waals surface area contributed by atoms with Crippen molar-refractivity contribution in [3.05, 3.63) is 23.9 Å². The Morgan fingerprint density at radius 3 is 2.44 bits per heavy atom. The molecule has 1 N–H and O–H groups in total. The van der Waals surface area contributed by atoms with E-state index >= 15 is 0 Å². The van der Waals surface area contributed by atoms with Crippen molar-refractivity contribution >= 4 is 6.03 Å². The third-order valence-electron chi connectivity index (χ3n) is 5.52. The molecule has 1 aromatic rings. The van der Waals surface area contributed by atoms with Crippen LogP contribution in [0.2, 0.25) is 0 Å². The largest absolute Gasteiger partial charge is 0.474 e. The first-order valence-electron chi connectivity index (χ1n) is 9.84. The van der Waals surface area contributed by atoms with Crippen molar-refractivity contribution in [1.82, 2.24) is 15.2 Å². The predicted octanol–water partition coefficient (Wildman–Crippen LogP) is 4.27. The fourth-order valence-corrected chi connectivity index (χ4v) is 3.88. The fraction of sp³-hybridized carbons (Fsp3) is 0.700. The van der Waals surface area contributed by atoms with Gasteiger partial charge in [-0.05, 0) is 44.1 Å². The van der Waals surface area contributed by atoms with Gasteiger partial charge < -0.3 is 15.0 Å². The van der Waals surface area contributed by atoms with Gasteiger partial charge in [-0.3, -0.25) is 0 Å². The van der Waals surface area contributed by atoms with Crippen LogP contribution in [0.25, 0.3) is 0 Å². The summed E-state index contributed by atoms with van der Waals surface area (Å²) in [6.07, 6.45) is 14.2. The summed E-state index contributed by atoms with van der Waals surface area (Å²) < 4.78 is 5.88. The van der Waals surface area contributed by atoms with Crippen LogP contribution in [0.15, 0.2) is 18.3 Å². The van der Waals surface area contributed by atoms with Crippen LogP contribution < -0.4 is 10.1 Å². The van der Waals surface area contributed by atoms with Crippen LogP contribution in [0.4, 0.5) is 4.79 Å². The van der Waals surface area contributed by atoms with E-state index in [1.807, 2.05) is 24.1 Å². The van der Waals surface area contributed by atoms with Crippen LogP contribution in [-0.2, 0) is 6.54 Å². The molecule has 2 saturated carbocycles. The number of carbonyl (C=O) groups is 1. The Kier molecular flexibility index (Phi) is 6.54. The molecule has 2 amide bonds. The lowest BCUT2D eigenvalue weighted by Crippen LogP contribution is -2.43. The number of pyridine rings is 1. The predicted molar refractivity (Wildman–Crippen MR) is 98.6 cm³/mol. The Morgan fingerprint density at radius 2 is 1.80 bits per heavy atom. The summed E-state index contributed by atoms with van der Waals surface area (Å²) in [6.45, 7) is 0.507. The second-order valence-electron chi connectivity index (χ2n) is 7.44. The maximum absolute atomic E-state index is 12.4. The average Bonchev–Trinajstić information content (AvgIpc) is 2.99. The average molecular weight is 345 g/mol. The lowest BCUT2D eigenvalue weighted by atomic mass is 10.1. The van der Waals surface area contributed by atoms with Crippen molar-refractivity contribution in [2.45, 2.75) is 82.9 Å². The molecule has 25 heavy (non-hydrogen) atoms. The molecule has 0 unspecified atom stereocenters. The van der Waals surface area contributed by atoms with E-state index < -0.39 is 0 Å². The summed E-state index contributed by atoms with van der Waals surface area (Å²) in [4.78, 5) is 18.7. The zero-order valence-electron chi connectivity index (χ0n) is 15.4. The number of aromatic nitrogens is 1. The summed E-state index contributed by atoms with van der Waals surface area (Å²) in [5.41, 5.74) is 1.00. The molecule has 0 radical (unpaired) electrons. The topological polar surface area (TPSA) is 54.5 Å². The van der Waals surface area contributed by atoms with Crippen LogP contribution >= 0.6 is 0 Å². The zero-order chi connectivity index (χ0) is 17.5. The maximum Gasteiger partial charge on any atom is 0.317 e. The molecule has 0 saturated heterocycles. The van der Waals surface area contributed by atoms with E-state index in [0.29, 0.717) is 24.6 Å². The number of amides is 2. The number of rotatable bonds is 5. The number of urea groups is 1. The second-order valence-corrected chi connectivity index (χ2v) is 7.44. The van der Waals surface area contributed by atoms with Crippen LogP contribution in [0.3, 0.4) is 0 Å². The summed E-state index contributed by atoms with van der Waals surface area (Å²) in [5, 5.41) is 3.02. The van der Waals surface area contributed by atoms with Crippen molar-refractivity contribution in [2.24, 2.45) is 0 Å². The van der Waals surface area contributed by atoms with Crippen molar-refractivity contribution in [3.8, 4) is 5.88 Å². The Balaban J connectivity index is 1.44. The third-order valence-corrected chi connectivity index (χ3v) is 5.52. The highest BCUT2D eigenvalue weighted by atomic mass is 16.5. The van der Waals surface area contributed by atoms with E-state index in [2.05, 4.69) is 10.3 Å². The molecule has 0 atom stereocenters. The Labute approximate surface area is 151 Å². The van der Waals surface area contributed by atoms with Gasteiger partial charge in [-0.1, -0.05) is 31.7 Å². The van der Waals surface area contributed by atoms with E-state index in [4.69, 9.17) is 4.74 Å². The highest BCUT2D eigenvalue weighted by Crippen LogP contribution is 2.23. The summed E-state index contributed by atoms with van der Waals surface area (Å²) >= 11 is 0. The van der Waals surface area contributed by atoms with E-state index in [0.717, 1.165) is 31.2 Å². The molecular formula is C20H31N3O2. The minimum Gasteiger partial charge on any atom is -0.474 e. The van der Waals surface area contributed by atoms with Crippen molar-refractivity contribution in [3.63, 3.8) is 0 Å². The molecule has 138 valence electrons. The van der Waals surface area contributed by atoms with Gasteiger partial charge in [0.05, 0.1) is 0 Å². The van der Waals surface area contributed by atoms with E-state index in [1.54, 1.807) is 6.20 Å². The van der Waals surface area contributed by atoms with Gasteiger partial charge >= 0.3 is 6.03 Å². The van der Waals surface area contributed by atoms with Gasteiger partial charge in [0.15, 0.2) is 0 Å². The number of carbonyl (C=O) groups excluding carboxylic acids is 1. The molecule has 2 aliphatic rings. The maximum atomic E-state index is 12.4. The molecule has 2 aliphatic carbocycles. The number of hydrogen-bond donors (Lipinski definition) is 1. The fourth-order valence-electron chi connectivity index (χ4n) is 3.88. The van der Waals surface area contributed by atoms with Crippen molar-refractivity contribution in [1.29, 1.82) is 0 Å². The summed E-state index contributed by atoms with van der Waals surface area (Å²) in [5.74, 6) is 0.692. The molecule has 2 fully saturated rings. The van der Waals surface area contributed by atoms with Gasteiger partial charge in [-0.25, -0.2) is 9.78 Å². The van der Waals surface area contributed by atoms with Gasteiger partial charge in [-0.15, -0.1) is 0 Å². The first kappa shape index (κ1) is 18.0. The second kappa shape index (κ2) is 9.07. The highest BCUT2D eigenvalue weighted by molar-refractivity contribution is 5.74. The van der Waals surface area contributed by atoms with Gasteiger partial charge in [0.1, 0.15) is 6.10 Å². The van der Waals surface area contributed by atoms with Crippen LogP contribution in [-0.4, -0.2) is 35.1 Å². The highest BCUT2D eigenvalue weighted by Gasteiger charge is 2.21. The monoisotopic (exact) mass is 345 g/mol. The van der Waals surface area contributed by atoms with Crippen LogP contribution in [0.5, 0.6) is 5.88 Å². The Bertz CT molecular complexity index is 532. The molecule has 0 spiro atoms. The van der Waals surface area contributed by atoms with Crippen molar-refractivity contribution in [2.75, 3.05) is 7.05 Å². The van der Waals surface area contributed by atoms with E-state index in [1.165, 1.54) is 38.5 Å². The Hall–Kier alpha value is -1.78. The molecular weight excluding hydrogens is 314 g/mol. The smallest absolute Gasteiger partial charge is 0.317 e. The number of nitrogens with zero attached hydrogens (tertiary/aromatic N) is 2. The van der Waals surface area contributed by atoms with E-state index in [-0.39, 0.29) is 6.03 Å². The Morgan fingerprint density at radius 1 is 1.12 bits per heavy atom. The molecule has 0 aliphatic heterocycles. The van der Waals surface area contributed by atoms with Gasteiger partial charge in [0, 0.05) is 31.9 Å². The minimum absolute atomic E-state index is 0.0122. The molecule has 5 nitrogen and oxygen atoms in total. The molecule has 3 rings (SSSR count). The lowest BCUT2D eigenvalue weighted by Gasteiger charge is -2.27. The number of ether oxygens (including phenoxy) is 1. The van der Waals surface area contributed by atoms with Gasteiger partial charge in [0.25, 0.3) is 0 Å². The minimum atomic E-state index is 0.0122. The summed E-state index contributed by atoms with van der Waals surface area (Å²) in [6, 6.07) is 4.29.